The highest BCUT2D eigenvalue weighted by molar-refractivity contribution is 5.92. The lowest BCUT2D eigenvalue weighted by atomic mass is 10.1. The van der Waals surface area contributed by atoms with Crippen molar-refractivity contribution in [3.63, 3.8) is 0 Å². The smallest absolute Gasteiger partial charge is 0.134 e. The third-order valence-corrected chi connectivity index (χ3v) is 4.36. The predicted octanol–water partition coefficient (Wildman–Crippen LogP) is 3.14. The number of anilines is 1. The van der Waals surface area contributed by atoms with Crippen LogP contribution in [0, 0.1) is 0 Å². The van der Waals surface area contributed by atoms with Crippen molar-refractivity contribution in [3.8, 4) is 5.75 Å². The van der Waals surface area contributed by atoms with Crippen molar-refractivity contribution < 1.29 is 4.74 Å². The fourth-order valence-electron chi connectivity index (χ4n) is 2.65. The van der Waals surface area contributed by atoms with Gasteiger partial charge in [0, 0.05) is 30.2 Å². The van der Waals surface area contributed by atoms with Crippen molar-refractivity contribution >= 4 is 16.6 Å². The van der Waals surface area contributed by atoms with Crippen LogP contribution in [0.4, 0.5) is 5.82 Å². The van der Waals surface area contributed by atoms with Crippen molar-refractivity contribution in [1.82, 2.24) is 9.88 Å². The molecule has 1 aliphatic rings. The lowest BCUT2D eigenvalue weighted by Gasteiger charge is -2.25. The SMILES string of the molecule is COc1ccc2ccnc(NCC(C)N(C)C3CC3)c2c1. The molecule has 1 atom stereocenters. The molecule has 1 saturated carbocycles. The largest absolute Gasteiger partial charge is 0.497 e. The van der Waals surface area contributed by atoms with Gasteiger partial charge < -0.3 is 10.1 Å². The quantitative estimate of drug-likeness (QED) is 0.885. The molecule has 3 rings (SSSR count). The Morgan fingerprint density at radius 1 is 1.38 bits per heavy atom. The number of methoxy groups -OCH3 is 1. The molecule has 1 unspecified atom stereocenters. The number of nitrogens with zero attached hydrogens (tertiary/aromatic N) is 2. The number of fused-ring (bicyclic) bond motifs is 1. The highest BCUT2D eigenvalue weighted by Crippen LogP contribution is 2.28. The van der Waals surface area contributed by atoms with E-state index in [4.69, 9.17) is 4.74 Å². The summed E-state index contributed by atoms with van der Waals surface area (Å²) in [4.78, 5) is 6.95. The molecule has 1 aromatic heterocycles. The molecule has 0 amide bonds. The Morgan fingerprint density at radius 3 is 2.90 bits per heavy atom. The van der Waals surface area contributed by atoms with Crippen molar-refractivity contribution in [1.29, 1.82) is 0 Å². The summed E-state index contributed by atoms with van der Waals surface area (Å²) in [5, 5.41) is 5.78. The average molecular weight is 285 g/mol. The minimum absolute atomic E-state index is 0.500. The molecule has 4 heteroatoms. The summed E-state index contributed by atoms with van der Waals surface area (Å²) in [6, 6.07) is 9.40. The van der Waals surface area contributed by atoms with E-state index in [0.29, 0.717) is 6.04 Å². The molecular weight excluding hydrogens is 262 g/mol. The first-order valence-corrected chi connectivity index (χ1v) is 7.57. The summed E-state index contributed by atoms with van der Waals surface area (Å²) >= 11 is 0. The van der Waals surface area contributed by atoms with Crippen LogP contribution in [-0.4, -0.2) is 42.7 Å². The van der Waals surface area contributed by atoms with Gasteiger partial charge in [-0.2, -0.15) is 0 Å². The van der Waals surface area contributed by atoms with E-state index < -0.39 is 0 Å². The average Bonchev–Trinajstić information content (AvgIpc) is 3.36. The monoisotopic (exact) mass is 285 g/mol. The summed E-state index contributed by atoms with van der Waals surface area (Å²) in [7, 11) is 3.90. The summed E-state index contributed by atoms with van der Waals surface area (Å²) < 4.78 is 5.32. The van der Waals surface area contributed by atoms with Gasteiger partial charge in [-0.1, -0.05) is 6.07 Å². The fraction of sp³-hybridized carbons (Fsp3) is 0.471. The first kappa shape index (κ1) is 14.1. The molecule has 21 heavy (non-hydrogen) atoms. The van der Waals surface area contributed by atoms with E-state index in [2.05, 4.69) is 35.2 Å². The number of nitrogens with one attached hydrogen (secondary N) is 1. The van der Waals surface area contributed by atoms with Crippen LogP contribution in [0.15, 0.2) is 30.5 Å². The Morgan fingerprint density at radius 2 is 2.19 bits per heavy atom. The number of ether oxygens (including phenoxy) is 1. The van der Waals surface area contributed by atoms with Gasteiger partial charge in [0.15, 0.2) is 0 Å². The summed E-state index contributed by atoms with van der Waals surface area (Å²) in [6.07, 6.45) is 4.53. The topological polar surface area (TPSA) is 37.4 Å². The van der Waals surface area contributed by atoms with Gasteiger partial charge in [0.25, 0.3) is 0 Å². The van der Waals surface area contributed by atoms with E-state index in [1.807, 2.05) is 24.4 Å². The Bertz CT molecular complexity index is 624. The normalized spacial score (nSPS) is 16.2. The second-order valence-electron chi connectivity index (χ2n) is 5.87. The van der Waals surface area contributed by atoms with Crippen LogP contribution in [0.5, 0.6) is 5.75 Å². The molecule has 0 saturated heterocycles. The zero-order valence-corrected chi connectivity index (χ0v) is 13.0. The maximum atomic E-state index is 5.32. The molecule has 4 nitrogen and oxygen atoms in total. The van der Waals surface area contributed by atoms with Crippen LogP contribution in [0.25, 0.3) is 10.8 Å². The second kappa shape index (κ2) is 5.90. The highest BCUT2D eigenvalue weighted by Gasteiger charge is 2.28. The minimum Gasteiger partial charge on any atom is -0.497 e. The van der Waals surface area contributed by atoms with Crippen LogP contribution in [-0.2, 0) is 0 Å². The van der Waals surface area contributed by atoms with E-state index in [0.717, 1.165) is 29.5 Å². The van der Waals surface area contributed by atoms with Crippen LogP contribution in [0.3, 0.4) is 0 Å². The van der Waals surface area contributed by atoms with Crippen LogP contribution < -0.4 is 10.1 Å². The van der Waals surface area contributed by atoms with Gasteiger partial charge in [-0.15, -0.1) is 0 Å². The van der Waals surface area contributed by atoms with E-state index >= 15 is 0 Å². The Labute approximate surface area is 126 Å². The van der Waals surface area contributed by atoms with Gasteiger partial charge in [-0.25, -0.2) is 4.98 Å². The van der Waals surface area contributed by atoms with Gasteiger partial charge in [0.05, 0.1) is 7.11 Å². The Hall–Kier alpha value is -1.81. The number of rotatable bonds is 6. The first-order chi connectivity index (χ1) is 10.2. The molecule has 1 fully saturated rings. The van der Waals surface area contributed by atoms with Crippen LogP contribution in [0.1, 0.15) is 19.8 Å². The Kier molecular flexibility index (Phi) is 3.97. The van der Waals surface area contributed by atoms with Crippen molar-refractivity contribution in [2.45, 2.75) is 31.8 Å². The maximum absolute atomic E-state index is 5.32. The molecule has 2 aromatic rings. The van der Waals surface area contributed by atoms with E-state index in [1.54, 1.807) is 7.11 Å². The van der Waals surface area contributed by atoms with E-state index in [1.165, 1.54) is 18.2 Å². The maximum Gasteiger partial charge on any atom is 0.134 e. The molecular formula is C17H23N3O. The van der Waals surface area contributed by atoms with Gasteiger partial charge in [0.2, 0.25) is 0 Å². The zero-order valence-electron chi connectivity index (χ0n) is 13.0. The van der Waals surface area contributed by atoms with Gasteiger partial charge >= 0.3 is 0 Å². The summed E-state index contributed by atoms with van der Waals surface area (Å²) in [5.41, 5.74) is 0. The zero-order chi connectivity index (χ0) is 14.8. The van der Waals surface area contributed by atoms with Crippen molar-refractivity contribution in [2.24, 2.45) is 0 Å². The molecule has 1 heterocycles. The number of hydrogen-bond acceptors (Lipinski definition) is 4. The molecule has 112 valence electrons. The number of benzene rings is 1. The van der Waals surface area contributed by atoms with Gasteiger partial charge in [-0.05, 0) is 50.4 Å². The lowest BCUT2D eigenvalue weighted by molar-refractivity contribution is 0.257. The Balaban J connectivity index is 1.76. The molecule has 0 bridgehead atoms. The van der Waals surface area contributed by atoms with E-state index in [9.17, 15) is 0 Å². The van der Waals surface area contributed by atoms with Crippen LogP contribution in [0.2, 0.25) is 0 Å². The third kappa shape index (κ3) is 3.10. The minimum atomic E-state index is 0.500. The third-order valence-electron chi connectivity index (χ3n) is 4.36. The molecule has 1 N–H and O–H groups in total. The summed E-state index contributed by atoms with van der Waals surface area (Å²) in [6.45, 7) is 3.16. The van der Waals surface area contributed by atoms with Crippen molar-refractivity contribution in [2.75, 3.05) is 26.0 Å². The van der Waals surface area contributed by atoms with Crippen molar-refractivity contribution in [3.05, 3.63) is 30.5 Å². The number of hydrogen-bond donors (Lipinski definition) is 1. The highest BCUT2D eigenvalue weighted by atomic mass is 16.5. The predicted molar refractivity (Wildman–Crippen MR) is 87.0 cm³/mol. The number of pyridine rings is 1. The molecule has 0 spiro atoms. The second-order valence-corrected chi connectivity index (χ2v) is 5.87. The fourth-order valence-corrected chi connectivity index (χ4v) is 2.65. The molecule has 1 aliphatic carbocycles. The first-order valence-electron chi connectivity index (χ1n) is 7.57. The lowest BCUT2D eigenvalue weighted by Crippen LogP contribution is -2.36. The number of likely N-dealkylation sites (N-methyl/N-ethyl adjacent to an activating group) is 1. The molecule has 0 aliphatic heterocycles. The van der Waals surface area contributed by atoms with Gasteiger partial charge in [0.1, 0.15) is 11.6 Å². The molecule has 1 aromatic carbocycles. The standard InChI is InChI=1S/C17H23N3O/c1-12(20(2)14-5-6-14)11-19-17-16-10-15(21-3)7-4-13(16)8-9-18-17/h4,7-10,12,14H,5-6,11H2,1-3H3,(H,18,19). The summed E-state index contributed by atoms with van der Waals surface area (Å²) in [5.74, 6) is 1.80. The molecule has 0 radical (unpaired) electrons. The number of aromatic nitrogens is 1. The van der Waals surface area contributed by atoms with E-state index in [-0.39, 0.29) is 0 Å². The van der Waals surface area contributed by atoms with Gasteiger partial charge in [-0.3, -0.25) is 4.90 Å². The van der Waals surface area contributed by atoms with Crippen LogP contribution >= 0.6 is 0 Å².